The second-order valence-corrected chi connectivity index (χ2v) is 4.23. The molecule has 102 valence electrons. The van der Waals surface area contributed by atoms with E-state index in [2.05, 4.69) is 6.07 Å². The van der Waals surface area contributed by atoms with E-state index >= 15 is 0 Å². The van der Waals surface area contributed by atoms with Crippen LogP contribution in [0.4, 0.5) is 0 Å². The molecule has 0 aliphatic heterocycles. The third-order valence-electron chi connectivity index (χ3n) is 3.08. The van der Waals surface area contributed by atoms with Crippen molar-refractivity contribution in [2.24, 2.45) is 0 Å². The number of rotatable bonds is 6. The second kappa shape index (κ2) is 7.55. The summed E-state index contributed by atoms with van der Waals surface area (Å²) in [6.45, 7) is 7.08. The molecule has 0 aliphatic carbocycles. The van der Waals surface area contributed by atoms with Gasteiger partial charge in [-0.05, 0) is 38.5 Å². The SMILES string of the molecule is CCOCC(=O)N(CC)C(C)c1ccc(C#N)cc1. The van der Waals surface area contributed by atoms with Crippen LogP contribution >= 0.6 is 0 Å². The van der Waals surface area contributed by atoms with Crippen molar-refractivity contribution in [3.63, 3.8) is 0 Å². The summed E-state index contributed by atoms with van der Waals surface area (Å²) >= 11 is 0. The molecule has 4 heteroatoms. The van der Waals surface area contributed by atoms with Crippen molar-refractivity contribution in [1.82, 2.24) is 4.90 Å². The minimum atomic E-state index is -0.0225. The van der Waals surface area contributed by atoms with Crippen LogP contribution < -0.4 is 0 Å². The van der Waals surface area contributed by atoms with Crippen LogP contribution in [0.5, 0.6) is 0 Å². The molecule has 0 spiro atoms. The molecule has 0 N–H and O–H groups in total. The molecule has 1 atom stereocenters. The summed E-state index contributed by atoms with van der Waals surface area (Å²) in [5, 5.41) is 8.78. The number of carbonyl (C=O) groups is 1. The van der Waals surface area contributed by atoms with E-state index in [4.69, 9.17) is 10.00 Å². The summed E-state index contributed by atoms with van der Waals surface area (Å²) in [5.74, 6) is -0.0128. The minimum Gasteiger partial charge on any atom is -0.372 e. The maximum absolute atomic E-state index is 12.0. The molecule has 1 aromatic carbocycles. The van der Waals surface area contributed by atoms with Crippen molar-refractivity contribution in [2.75, 3.05) is 19.8 Å². The molecule has 19 heavy (non-hydrogen) atoms. The first kappa shape index (κ1) is 15.2. The van der Waals surface area contributed by atoms with E-state index in [1.54, 1.807) is 17.0 Å². The molecular weight excluding hydrogens is 240 g/mol. The lowest BCUT2D eigenvalue weighted by atomic mass is 10.0. The van der Waals surface area contributed by atoms with E-state index < -0.39 is 0 Å². The molecule has 0 saturated carbocycles. The van der Waals surface area contributed by atoms with Crippen LogP contribution in [0, 0.1) is 11.3 Å². The van der Waals surface area contributed by atoms with E-state index in [1.165, 1.54) is 0 Å². The summed E-state index contributed by atoms with van der Waals surface area (Å²) < 4.78 is 5.17. The highest BCUT2D eigenvalue weighted by molar-refractivity contribution is 5.77. The van der Waals surface area contributed by atoms with Crippen molar-refractivity contribution in [3.05, 3.63) is 35.4 Å². The van der Waals surface area contributed by atoms with Gasteiger partial charge >= 0.3 is 0 Å². The molecule has 0 bridgehead atoms. The number of benzene rings is 1. The number of nitrogens with zero attached hydrogens (tertiary/aromatic N) is 2. The summed E-state index contributed by atoms with van der Waals surface area (Å²) in [5.41, 5.74) is 1.64. The lowest BCUT2D eigenvalue weighted by Crippen LogP contribution is -2.36. The molecule has 0 radical (unpaired) electrons. The van der Waals surface area contributed by atoms with Crippen LogP contribution in [0.3, 0.4) is 0 Å². The average Bonchev–Trinajstić information content (AvgIpc) is 2.45. The summed E-state index contributed by atoms with van der Waals surface area (Å²) in [7, 11) is 0. The number of ether oxygens (including phenoxy) is 1. The van der Waals surface area contributed by atoms with Gasteiger partial charge in [-0.1, -0.05) is 12.1 Å². The molecule has 1 unspecified atom stereocenters. The molecule has 1 rings (SSSR count). The molecule has 4 nitrogen and oxygen atoms in total. The van der Waals surface area contributed by atoms with Crippen molar-refractivity contribution in [2.45, 2.75) is 26.8 Å². The topological polar surface area (TPSA) is 53.3 Å². The van der Waals surface area contributed by atoms with Crippen LogP contribution in [-0.4, -0.2) is 30.6 Å². The fourth-order valence-electron chi connectivity index (χ4n) is 1.95. The number of amides is 1. The maximum atomic E-state index is 12.0. The third-order valence-corrected chi connectivity index (χ3v) is 3.08. The zero-order valence-electron chi connectivity index (χ0n) is 11.7. The number of hydrogen-bond donors (Lipinski definition) is 0. The maximum Gasteiger partial charge on any atom is 0.249 e. The Kier molecular flexibility index (Phi) is 6.04. The fraction of sp³-hybridized carbons (Fsp3) is 0.467. The third kappa shape index (κ3) is 4.08. The largest absolute Gasteiger partial charge is 0.372 e. The van der Waals surface area contributed by atoms with E-state index in [9.17, 15) is 4.79 Å². The van der Waals surface area contributed by atoms with Crippen LogP contribution in [0.1, 0.15) is 37.9 Å². The van der Waals surface area contributed by atoms with Crippen molar-refractivity contribution < 1.29 is 9.53 Å². The highest BCUT2D eigenvalue weighted by atomic mass is 16.5. The van der Waals surface area contributed by atoms with E-state index in [-0.39, 0.29) is 18.6 Å². The first-order chi connectivity index (χ1) is 9.13. The average molecular weight is 260 g/mol. The first-order valence-corrected chi connectivity index (χ1v) is 6.51. The van der Waals surface area contributed by atoms with Crippen molar-refractivity contribution in [1.29, 1.82) is 5.26 Å². The highest BCUT2D eigenvalue weighted by Gasteiger charge is 2.19. The number of hydrogen-bond acceptors (Lipinski definition) is 3. The van der Waals surface area contributed by atoms with Crippen LogP contribution in [-0.2, 0) is 9.53 Å². The molecule has 0 fully saturated rings. The van der Waals surface area contributed by atoms with Gasteiger partial charge in [-0.25, -0.2) is 0 Å². The molecule has 1 aromatic rings. The molecular formula is C15H20N2O2. The van der Waals surface area contributed by atoms with E-state index in [1.807, 2.05) is 32.9 Å². The van der Waals surface area contributed by atoms with Gasteiger partial charge in [0.25, 0.3) is 0 Å². The standard InChI is InChI=1S/C15H20N2O2/c1-4-17(15(18)11-19-5-2)12(3)14-8-6-13(10-16)7-9-14/h6-9,12H,4-5,11H2,1-3H3. The quantitative estimate of drug-likeness (QED) is 0.789. The molecule has 0 heterocycles. The van der Waals surface area contributed by atoms with Crippen LogP contribution in [0.25, 0.3) is 0 Å². The smallest absolute Gasteiger partial charge is 0.249 e. The minimum absolute atomic E-state index is 0.0128. The molecule has 0 saturated heterocycles. The monoisotopic (exact) mass is 260 g/mol. The Morgan fingerprint density at radius 3 is 2.47 bits per heavy atom. The van der Waals surface area contributed by atoms with Crippen LogP contribution in [0.2, 0.25) is 0 Å². The van der Waals surface area contributed by atoms with Gasteiger partial charge in [-0.15, -0.1) is 0 Å². The number of likely N-dealkylation sites (N-methyl/N-ethyl adjacent to an activating group) is 1. The van der Waals surface area contributed by atoms with Crippen molar-refractivity contribution >= 4 is 5.91 Å². The Bertz CT molecular complexity index is 448. The lowest BCUT2D eigenvalue weighted by Gasteiger charge is -2.28. The predicted molar refractivity (Wildman–Crippen MR) is 73.5 cm³/mol. The van der Waals surface area contributed by atoms with E-state index in [0.29, 0.717) is 18.7 Å². The van der Waals surface area contributed by atoms with Gasteiger partial charge < -0.3 is 9.64 Å². The molecule has 0 aliphatic rings. The lowest BCUT2D eigenvalue weighted by molar-refractivity contribution is -0.137. The Balaban J connectivity index is 2.79. The van der Waals surface area contributed by atoms with Gasteiger partial charge in [0.05, 0.1) is 17.7 Å². The van der Waals surface area contributed by atoms with Gasteiger partial charge in [0.2, 0.25) is 5.91 Å². The fourth-order valence-corrected chi connectivity index (χ4v) is 1.95. The van der Waals surface area contributed by atoms with Crippen molar-refractivity contribution in [3.8, 4) is 6.07 Å². The normalized spacial score (nSPS) is 11.7. The Morgan fingerprint density at radius 2 is 2.00 bits per heavy atom. The summed E-state index contributed by atoms with van der Waals surface area (Å²) in [6.07, 6.45) is 0. The number of nitriles is 1. The summed E-state index contributed by atoms with van der Waals surface area (Å²) in [6, 6.07) is 9.38. The number of carbonyl (C=O) groups excluding carboxylic acids is 1. The van der Waals surface area contributed by atoms with Gasteiger partial charge in [0.1, 0.15) is 6.61 Å². The van der Waals surface area contributed by atoms with Gasteiger partial charge in [-0.3, -0.25) is 4.79 Å². The van der Waals surface area contributed by atoms with Crippen LogP contribution in [0.15, 0.2) is 24.3 Å². The van der Waals surface area contributed by atoms with Gasteiger partial charge in [-0.2, -0.15) is 5.26 Å². The molecule has 1 amide bonds. The Labute approximate surface area is 114 Å². The first-order valence-electron chi connectivity index (χ1n) is 6.51. The molecule has 0 aromatic heterocycles. The van der Waals surface area contributed by atoms with E-state index in [0.717, 1.165) is 5.56 Å². The summed E-state index contributed by atoms with van der Waals surface area (Å²) in [4.78, 5) is 13.8. The highest BCUT2D eigenvalue weighted by Crippen LogP contribution is 2.20. The Morgan fingerprint density at radius 1 is 1.37 bits per heavy atom. The zero-order valence-corrected chi connectivity index (χ0v) is 11.7. The zero-order chi connectivity index (χ0) is 14.3. The predicted octanol–water partition coefficient (Wildman–Crippen LogP) is 2.50. The Hall–Kier alpha value is -1.86. The second-order valence-electron chi connectivity index (χ2n) is 4.23. The van der Waals surface area contributed by atoms with Gasteiger partial charge in [0, 0.05) is 13.2 Å². The van der Waals surface area contributed by atoms with Gasteiger partial charge in [0.15, 0.2) is 0 Å².